The number of hydrogen-bond acceptors (Lipinski definition) is 4. The van der Waals surface area contributed by atoms with Crippen LogP contribution in [0.25, 0.3) is 0 Å². The van der Waals surface area contributed by atoms with Gasteiger partial charge in [-0.15, -0.1) is 0 Å². The Bertz CT molecular complexity index is 560. The highest BCUT2D eigenvalue weighted by Gasteiger charge is 2.08. The molecule has 7 heteroatoms. The molecule has 0 saturated carbocycles. The van der Waals surface area contributed by atoms with E-state index in [1.165, 1.54) is 0 Å². The van der Waals surface area contributed by atoms with Gasteiger partial charge in [0.1, 0.15) is 9.84 Å². The summed E-state index contributed by atoms with van der Waals surface area (Å²) in [7, 11) is -4.27. The van der Waals surface area contributed by atoms with Gasteiger partial charge in [-0.05, 0) is 24.1 Å². The highest BCUT2D eigenvalue weighted by atomic mass is 32.2. The molecule has 1 atom stereocenters. The standard InChI is InChI=1S/C12H16O5S2/c1-19(16,17)8-2-7-18(15)11-5-3-10(4-6-11)9-12(13)14/h3-6H,2,7-9H2,1H3,(H,13,14). The van der Waals surface area contributed by atoms with Crippen molar-refractivity contribution in [3.63, 3.8) is 0 Å². The smallest absolute Gasteiger partial charge is 0.307 e. The van der Waals surface area contributed by atoms with Crippen molar-refractivity contribution in [3.8, 4) is 0 Å². The van der Waals surface area contributed by atoms with Crippen molar-refractivity contribution < 1.29 is 22.5 Å². The van der Waals surface area contributed by atoms with E-state index in [1.54, 1.807) is 24.3 Å². The third-order valence-corrected chi connectivity index (χ3v) is 4.87. The molecule has 1 unspecified atom stereocenters. The van der Waals surface area contributed by atoms with E-state index in [1.807, 2.05) is 0 Å². The zero-order valence-corrected chi connectivity index (χ0v) is 12.2. The van der Waals surface area contributed by atoms with Gasteiger partial charge in [0.15, 0.2) is 0 Å². The fourth-order valence-corrected chi connectivity index (χ4v) is 3.44. The second kappa shape index (κ2) is 6.81. The van der Waals surface area contributed by atoms with E-state index in [4.69, 9.17) is 5.11 Å². The van der Waals surface area contributed by atoms with Crippen LogP contribution in [0, 0.1) is 0 Å². The largest absolute Gasteiger partial charge is 0.481 e. The van der Waals surface area contributed by atoms with Crippen LogP contribution in [0.3, 0.4) is 0 Å². The van der Waals surface area contributed by atoms with Gasteiger partial charge < -0.3 is 5.11 Å². The van der Waals surface area contributed by atoms with Gasteiger partial charge in [-0.2, -0.15) is 0 Å². The van der Waals surface area contributed by atoms with Crippen LogP contribution in [0.2, 0.25) is 0 Å². The molecule has 0 amide bonds. The third-order valence-electron chi connectivity index (χ3n) is 2.39. The molecule has 0 spiro atoms. The maximum absolute atomic E-state index is 11.9. The Kier molecular flexibility index (Phi) is 5.68. The number of sulfone groups is 1. The van der Waals surface area contributed by atoms with Crippen molar-refractivity contribution in [1.29, 1.82) is 0 Å². The van der Waals surface area contributed by atoms with E-state index in [-0.39, 0.29) is 17.9 Å². The summed E-state index contributed by atoms with van der Waals surface area (Å²) in [6.45, 7) is 0. The first-order valence-corrected chi connectivity index (χ1v) is 9.03. The Morgan fingerprint density at radius 3 is 2.32 bits per heavy atom. The van der Waals surface area contributed by atoms with Crippen molar-refractivity contribution in [1.82, 2.24) is 0 Å². The van der Waals surface area contributed by atoms with Crippen LogP contribution < -0.4 is 0 Å². The van der Waals surface area contributed by atoms with Crippen molar-refractivity contribution >= 4 is 26.6 Å². The second-order valence-electron chi connectivity index (χ2n) is 4.25. The monoisotopic (exact) mass is 304 g/mol. The molecule has 1 rings (SSSR count). The summed E-state index contributed by atoms with van der Waals surface area (Å²) in [5, 5.41) is 8.62. The van der Waals surface area contributed by atoms with Crippen molar-refractivity contribution in [2.45, 2.75) is 17.7 Å². The average molecular weight is 304 g/mol. The van der Waals surface area contributed by atoms with Gasteiger partial charge in [-0.25, -0.2) is 8.42 Å². The predicted molar refractivity (Wildman–Crippen MR) is 73.4 cm³/mol. The Labute approximate surface area is 115 Å². The van der Waals surface area contributed by atoms with Crippen LogP contribution in [0.5, 0.6) is 0 Å². The van der Waals surface area contributed by atoms with E-state index < -0.39 is 26.6 Å². The van der Waals surface area contributed by atoms with E-state index >= 15 is 0 Å². The van der Waals surface area contributed by atoms with E-state index in [2.05, 4.69) is 0 Å². The van der Waals surface area contributed by atoms with Crippen molar-refractivity contribution in [2.75, 3.05) is 17.8 Å². The summed E-state index contributed by atoms with van der Waals surface area (Å²) < 4.78 is 33.7. The molecule has 106 valence electrons. The first-order valence-electron chi connectivity index (χ1n) is 5.65. The molecule has 0 aromatic heterocycles. The van der Waals surface area contributed by atoms with Crippen LogP contribution in [0.1, 0.15) is 12.0 Å². The topological polar surface area (TPSA) is 88.5 Å². The minimum Gasteiger partial charge on any atom is -0.481 e. The summed E-state index contributed by atoms with van der Waals surface area (Å²) in [4.78, 5) is 11.1. The summed E-state index contributed by atoms with van der Waals surface area (Å²) in [6.07, 6.45) is 1.43. The number of carbonyl (C=O) groups is 1. The van der Waals surface area contributed by atoms with Gasteiger partial charge in [0, 0.05) is 16.9 Å². The van der Waals surface area contributed by atoms with Crippen molar-refractivity contribution in [2.24, 2.45) is 0 Å². The maximum atomic E-state index is 11.9. The molecular weight excluding hydrogens is 288 g/mol. The number of rotatable bonds is 7. The van der Waals surface area contributed by atoms with Gasteiger partial charge in [0.25, 0.3) is 0 Å². The minimum atomic E-state index is -3.02. The minimum absolute atomic E-state index is 0.0236. The SMILES string of the molecule is CS(=O)(=O)CCCS(=O)c1ccc(CC(=O)O)cc1. The van der Waals surface area contributed by atoms with Gasteiger partial charge in [-0.3, -0.25) is 9.00 Å². The summed E-state index contributed by atoms with van der Waals surface area (Å²) in [5.41, 5.74) is 0.643. The van der Waals surface area contributed by atoms with E-state index in [0.717, 1.165) is 6.26 Å². The molecule has 5 nitrogen and oxygen atoms in total. The summed E-state index contributed by atoms with van der Waals surface area (Å²) in [5.74, 6) is -0.608. The van der Waals surface area contributed by atoms with Crippen LogP contribution in [0.15, 0.2) is 29.2 Å². The van der Waals surface area contributed by atoms with Gasteiger partial charge >= 0.3 is 5.97 Å². The molecule has 0 aliphatic heterocycles. The van der Waals surface area contributed by atoms with E-state index in [0.29, 0.717) is 16.9 Å². The fraction of sp³-hybridized carbons (Fsp3) is 0.417. The average Bonchev–Trinajstić information content (AvgIpc) is 2.27. The van der Waals surface area contributed by atoms with Crippen LogP contribution in [-0.4, -0.2) is 41.5 Å². The number of hydrogen-bond donors (Lipinski definition) is 1. The highest BCUT2D eigenvalue weighted by Crippen LogP contribution is 2.10. The molecule has 0 fully saturated rings. The molecular formula is C12H16O5S2. The number of aliphatic carboxylic acids is 1. The summed E-state index contributed by atoms with van der Waals surface area (Å²) in [6, 6.07) is 6.49. The molecule has 0 radical (unpaired) electrons. The predicted octanol–water partition coefficient (Wildman–Crippen LogP) is 0.856. The molecule has 0 bridgehead atoms. The Morgan fingerprint density at radius 1 is 1.26 bits per heavy atom. The lowest BCUT2D eigenvalue weighted by molar-refractivity contribution is -0.136. The van der Waals surface area contributed by atoms with Crippen LogP contribution in [-0.2, 0) is 31.9 Å². The number of benzene rings is 1. The van der Waals surface area contributed by atoms with Crippen molar-refractivity contribution in [3.05, 3.63) is 29.8 Å². The number of carboxylic acids is 1. The molecule has 19 heavy (non-hydrogen) atoms. The van der Waals surface area contributed by atoms with Gasteiger partial charge in [0.2, 0.25) is 0 Å². The van der Waals surface area contributed by atoms with Gasteiger partial charge in [0.05, 0.1) is 23.0 Å². The fourth-order valence-electron chi connectivity index (χ4n) is 1.50. The van der Waals surface area contributed by atoms with E-state index in [9.17, 15) is 17.4 Å². The first kappa shape index (κ1) is 15.8. The zero-order chi connectivity index (χ0) is 14.5. The zero-order valence-electron chi connectivity index (χ0n) is 10.5. The molecule has 0 saturated heterocycles. The number of carboxylic acid groups (broad SMARTS) is 1. The van der Waals surface area contributed by atoms with Crippen LogP contribution >= 0.6 is 0 Å². The quantitative estimate of drug-likeness (QED) is 0.807. The summed E-state index contributed by atoms with van der Waals surface area (Å²) >= 11 is 0. The Hall–Kier alpha value is -1.21. The molecule has 0 heterocycles. The second-order valence-corrected chi connectivity index (χ2v) is 8.08. The molecule has 1 N–H and O–H groups in total. The molecule has 1 aromatic rings. The van der Waals surface area contributed by atoms with Gasteiger partial charge in [-0.1, -0.05) is 12.1 Å². The highest BCUT2D eigenvalue weighted by molar-refractivity contribution is 7.90. The molecule has 0 aliphatic carbocycles. The lowest BCUT2D eigenvalue weighted by Gasteiger charge is -2.03. The molecule has 1 aromatic carbocycles. The molecule has 0 aliphatic rings. The first-order chi connectivity index (χ1) is 8.78. The van der Waals surface area contributed by atoms with Crippen LogP contribution in [0.4, 0.5) is 0 Å². The lowest BCUT2D eigenvalue weighted by Crippen LogP contribution is -2.08. The lowest BCUT2D eigenvalue weighted by atomic mass is 10.2. The Morgan fingerprint density at radius 2 is 1.84 bits per heavy atom. The normalized spacial score (nSPS) is 13.1. The Balaban J connectivity index is 2.56. The third kappa shape index (κ3) is 6.49. The maximum Gasteiger partial charge on any atom is 0.307 e.